The smallest absolute Gasteiger partial charge is 0.310 e. The molecule has 1 aromatic carbocycles. The van der Waals surface area contributed by atoms with Crippen molar-refractivity contribution in [3.63, 3.8) is 0 Å². The first kappa shape index (κ1) is 19.4. The monoisotopic (exact) mass is 372 g/mol. The van der Waals surface area contributed by atoms with Gasteiger partial charge in [-0.05, 0) is 38.2 Å². The second kappa shape index (κ2) is 9.02. The third kappa shape index (κ3) is 5.31. The summed E-state index contributed by atoms with van der Waals surface area (Å²) in [4.78, 5) is 39.2. The molecule has 6 heteroatoms. The van der Waals surface area contributed by atoms with Crippen LogP contribution < -0.4 is 5.32 Å². The molecule has 2 atom stereocenters. The number of piperidine rings is 1. The van der Waals surface area contributed by atoms with E-state index in [9.17, 15) is 14.4 Å². The minimum absolute atomic E-state index is 0.0387. The molecule has 2 amide bonds. The minimum Gasteiger partial charge on any atom is -0.466 e. The van der Waals surface area contributed by atoms with Gasteiger partial charge in [-0.3, -0.25) is 14.4 Å². The average Bonchev–Trinajstić information content (AvgIpc) is 3.53. The molecule has 27 heavy (non-hydrogen) atoms. The van der Waals surface area contributed by atoms with E-state index in [0.29, 0.717) is 26.1 Å². The van der Waals surface area contributed by atoms with Gasteiger partial charge in [0.25, 0.3) is 0 Å². The first-order valence-corrected chi connectivity index (χ1v) is 9.88. The zero-order valence-corrected chi connectivity index (χ0v) is 15.9. The largest absolute Gasteiger partial charge is 0.466 e. The lowest BCUT2D eigenvalue weighted by Crippen LogP contribution is -2.53. The normalized spacial score (nSPS) is 20.6. The van der Waals surface area contributed by atoms with Crippen LogP contribution in [0.15, 0.2) is 30.3 Å². The van der Waals surface area contributed by atoms with Crippen molar-refractivity contribution >= 4 is 17.8 Å². The number of likely N-dealkylation sites (tertiary alicyclic amines) is 1. The summed E-state index contributed by atoms with van der Waals surface area (Å²) >= 11 is 0. The van der Waals surface area contributed by atoms with Gasteiger partial charge in [-0.2, -0.15) is 0 Å². The first-order chi connectivity index (χ1) is 13.1. The Bertz CT molecular complexity index is 672. The van der Waals surface area contributed by atoms with E-state index >= 15 is 0 Å². The number of hydrogen-bond acceptors (Lipinski definition) is 4. The zero-order chi connectivity index (χ0) is 19.2. The standard InChI is InChI=1S/C21H28N2O4/c1-2-27-21(26)17-9-6-12-23(14-17)20(25)18(22-19(24)16-10-11-16)13-15-7-4-3-5-8-15/h3-5,7-8,16-18H,2,6,9-14H2,1H3,(H,22,24). The van der Waals surface area contributed by atoms with Gasteiger partial charge in [0, 0.05) is 25.4 Å². The van der Waals surface area contributed by atoms with Gasteiger partial charge in [-0.1, -0.05) is 30.3 Å². The van der Waals surface area contributed by atoms with Gasteiger partial charge >= 0.3 is 5.97 Å². The summed E-state index contributed by atoms with van der Waals surface area (Å²) in [5.74, 6) is -0.620. The van der Waals surface area contributed by atoms with Gasteiger partial charge in [-0.25, -0.2) is 0 Å². The average molecular weight is 372 g/mol. The molecule has 1 N–H and O–H groups in total. The lowest BCUT2D eigenvalue weighted by atomic mass is 9.96. The predicted molar refractivity (Wildman–Crippen MR) is 101 cm³/mol. The van der Waals surface area contributed by atoms with Gasteiger partial charge < -0.3 is 15.0 Å². The van der Waals surface area contributed by atoms with Crippen LogP contribution in [0.25, 0.3) is 0 Å². The van der Waals surface area contributed by atoms with E-state index in [1.54, 1.807) is 11.8 Å². The summed E-state index contributed by atoms with van der Waals surface area (Å²) < 4.78 is 5.12. The topological polar surface area (TPSA) is 75.7 Å². The van der Waals surface area contributed by atoms with Crippen LogP contribution in [0.2, 0.25) is 0 Å². The highest BCUT2D eigenvalue weighted by molar-refractivity contribution is 5.90. The van der Waals surface area contributed by atoms with Crippen molar-refractivity contribution in [2.24, 2.45) is 11.8 Å². The van der Waals surface area contributed by atoms with Crippen molar-refractivity contribution in [1.82, 2.24) is 10.2 Å². The van der Waals surface area contributed by atoms with Crippen molar-refractivity contribution in [3.8, 4) is 0 Å². The number of ether oxygens (including phenoxy) is 1. The third-order valence-corrected chi connectivity index (χ3v) is 5.20. The first-order valence-electron chi connectivity index (χ1n) is 9.88. The molecule has 2 aliphatic rings. The van der Waals surface area contributed by atoms with E-state index in [4.69, 9.17) is 4.74 Å². The minimum atomic E-state index is -0.596. The van der Waals surface area contributed by atoms with Crippen molar-refractivity contribution < 1.29 is 19.1 Å². The molecule has 2 fully saturated rings. The number of nitrogens with zero attached hydrogens (tertiary/aromatic N) is 1. The Morgan fingerprint density at radius 3 is 2.56 bits per heavy atom. The Kier molecular flexibility index (Phi) is 6.48. The number of benzene rings is 1. The summed E-state index contributed by atoms with van der Waals surface area (Å²) in [7, 11) is 0. The van der Waals surface area contributed by atoms with Crippen LogP contribution >= 0.6 is 0 Å². The maximum atomic E-state index is 13.2. The maximum absolute atomic E-state index is 13.2. The van der Waals surface area contributed by atoms with Crippen molar-refractivity contribution in [2.75, 3.05) is 19.7 Å². The molecule has 3 rings (SSSR count). The van der Waals surface area contributed by atoms with E-state index in [-0.39, 0.29) is 29.6 Å². The lowest BCUT2D eigenvalue weighted by Gasteiger charge is -2.34. The molecule has 0 bridgehead atoms. The van der Waals surface area contributed by atoms with Gasteiger partial charge in [0.2, 0.25) is 11.8 Å². The molecule has 6 nitrogen and oxygen atoms in total. The van der Waals surface area contributed by atoms with E-state index in [1.165, 1.54) is 0 Å². The molecular weight excluding hydrogens is 344 g/mol. The summed E-state index contributed by atoms with van der Waals surface area (Å²) in [6.45, 7) is 3.10. The van der Waals surface area contributed by atoms with Crippen LogP contribution in [-0.4, -0.2) is 48.4 Å². The molecule has 1 aliphatic carbocycles. The fourth-order valence-electron chi connectivity index (χ4n) is 3.54. The van der Waals surface area contributed by atoms with Crippen LogP contribution in [0.5, 0.6) is 0 Å². The van der Waals surface area contributed by atoms with Crippen molar-refractivity contribution in [1.29, 1.82) is 0 Å². The number of esters is 1. The SMILES string of the molecule is CCOC(=O)C1CCCN(C(=O)C(Cc2ccccc2)NC(=O)C2CC2)C1. The fraction of sp³-hybridized carbons (Fsp3) is 0.571. The summed E-state index contributed by atoms with van der Waals surface area (Å²) in [6.07, 6.45) is 3.75. The van der Waals surface area contributed by atoms with Crippen molar-refractivity contribution in [3.05, 3.63) is 35.9 Å². The van der Waals surface area contributed by atoms with E-state index in [0.717, 1.165) is 31.2 Å². The Balaban J connectivity index is 1.68. The van der Waals surface area contributed by atoms with Crippen LogP contribution in [0, 0.1) is 11.8 Å². The maximum Gasteiger partial charge on any atom is 0.310 e. The molecule has 2 unspecified atom stereocenters. The number of amides is 2. The molecule has 146 valence electrons. The zero-order valence-electron chi connectivity index (χ0n) is 15.9. The second-order valence-electron chi connectivity index (χ2n) is 7.40. The Morgan fingerprint density at radius 2 is 1.89 bits per heavy atom. The van der Waals surface area contributed by atoms with Gasteiger partial charge in [-0.15, -0.1) is 0 Å². The molecule has 1 saturated carbocycles. The Hall–Kier alpha value is -2.37. The summed E-state index contributed by atoms with van der Waals surface area (Å²) in [5, 5.41) is 2.95. The van der Waals surface area contributed by atoms with Crippen LogP contribution in [0.1, 0.15) is 38.2 Å². The van der Waals surface area contributed by atoms with Crippen molar-refractivity contribution in [2.45, 2.75) is 45.1 Å². The highest BCUT2D eigenvalue weighted by atomic mass is 16.5. The number of rotatable bonds is 7. The molecule has 1 aromatic rings. The predicted octanol–water partition coefficient (Wildman–Crippen LogP) is 1.93. The number of carbonyl (C=O) groups excluding carboxylic acids is 3. The molecule has 0 spiro atoms. The number of hydrogen-bond donors (Lipinski definition) is 1. The van der Waals surface area contributed by atoms with Crippen LogP contribution in [0.4, 0.5) is 0 Å². The number of carbonyl (C=O) groups is 3. The van der Waals surface area contributed by atoms with Gasteiger partial charge in [0.1, 0.15) is 6.04 Å². The summed E-state index contributed by atoms with van der Waals surface area (Å²) in [5.41, 5.74) is 1.01. The van der Waals surface area contributed by atoms with E-state index < -0.39 is 6.04 Å². The molecule has 1 heterocycles. The Morgan fingerprint density at radius 1 is 1.15 bits per heavy atom. The fourth-order valence-corrected chi connectivity index (χ4v) is 3.54. The molecule has 1 saturated heterocycles. The third-order valence-electron chi connectivity index (χ3n) is 5.20. The second-order valence-corrected chi connectivity index (χ2v) is 7.40. The van der Waals surface area contributed by atoms with E-state index in [1.807, 2.05) is 30.3 Å². The van der Waals surface area contributed by atoms with E-state index in [2.05, 4.69) is 5.32 Å². The lowest BCUT2D eigenvalue weighted by molar-refractivity contribution is -0.152. The van der Waals surface area contributed by atoms with Crippen LogP contribution in [-0.2, 0) is 25.5 Å². The quantitative estimate of drug-likeness (QED) is 0.742. The highest BCUT2D eigenvalue weighted by Crippen LogP contribution is 2.29. The van der Waals surface area contributed by atoms with Gasteiger partial charge in [0.15, 0.2) is 0 Å². The molecule has 0 aromatic heterocycles. The molecule has 1 aliphatic heterocycles. The number of nitrogens with one attached hydrogen (secondary N) is 1. The Labute approximate surface area is 160 Å². The van der Waals surface area contributed by atoms with Crippen LogP contribution in [0.3, 0.4) is 0 Å². The highest BCUT2D eigenvalue weighted by Gasteiger charge is 2.36. The molecular formula is C21H28N2O4. The van der Waals surface area contributed by atoms with Gasteiger partial charge in [0.05, 0.1) is 12.5 Å². The summed E-state index contributed by atoms with van der Waals surface area (Å²) in [6, 6.07) is 9.11. The molecule has 0 radical (unpaired) electrons.